The molecule has 5 rings (SSSR count). The maximum atomic E-state index is 14.0. The van der Waals surface area contributed by atoms with E-state index < -0.39 is 23.5 Å². The topological polar surface area (TPSA) is 106 Å². The molecular formula is C31H34N4O5. The fourth-order valence-corrected chi connectivity index (χ4v) is 5.43. The second kappa shape index (κ2) is 11.9. The van der Waals surface area contributed by atoms with Crippen LogP contribution in [0, 0.1) is 0 Å². The monoisotopic (exact) mass is 542 g/mol. The minimum atomic E-state index is -0.749. The first-order valence-corrected chi connectivity index (χ1v) is 13.8. The molecule has 1 saturated heterocycles. The number of aromatic nitrogens is 1. The maximum Gasteiger partial charge on any atom is 0.348 e. The zero-order chi connectivity index (χ0) is 28.2. The fraction of sp³-hybridized carbons (Fsp3) is 0.355. The van der Waals surface area contributed by atoms with Crippen LogP contribution < -0.4 is 15.8 Å². The molecule has 40 heavy (non-hydrogen) atoms. The Morgan fingerprint density at radius 1 is 1.07 bits per heavy atom. The normalized spacial score (nSPS) is 16.2. The van der Waals surface area contributed by atoms with Crippen LogP contribution in [-0.4, -0.2) is 41.8 Å². The predicted octanol–water partition coefficient (Wildman–Crippen LogP) is 5.04. The number of nitrogens with zero attached hydrogens (tertiary/aromatic N) is 3. The number of carbonyl (C=O) groups excluding carboxylic acids is 2. The van der Waals surface area contributed by atoms with Crippen LogP contribution in [0.2, 0.25) is 0 Å². The number of benzene rings is 2. The molecule has 1 aliphatic rings. The average Bonchev–Trinajstić information content (AvgIpc) is 3.56. The van der Waals surface area contributed by atoms with Gasteiger partial charge in [-0.05, 0) is 49.7 Å². The van der Waals surface area contributed by atoms with Gasteiger partial charge in [0.15, 0.2) is 0 Å². The largest absolute Gasteiger partial charge is 0.427 e. The van der Waals surface area contributed by atoms with Gasteiger partial charge >= 0.3 is 5.63 Å². The summed E-state index contributed by atoms with van der Waals surface area (Å²) in [6.07, 6.45) is 3.86. The molecular weight excluding hydrogens is 508 g/mol. The van der Waals surface area contributed by atoms with Gasteiger partial charge in [0.25, 0.3) is 11.8 Å². The zero-order valence-corrected chi connectivity index (χ0v) is 23.1. The van der Waals surface area contributed by atoms with Crippen LogP contribution in [-0.2, 0) is 22.6 Å². The van der Waals surface area contributed by atoms with Crippen molar-refractivity contribution in [2.24, 2.45) is 5.16 Å². The van der Waals surface area contributed by atoms with Gasteiger partial charge in [0.1, 0.15) is 18.4 Å². The number of unbranched alkanes of at least 4 members (excludes halogenated alkanes) is 2. The predicted molar refractivity (Wildman–Crippen MR) is 156 cm³/mol. The summed E-state index contributed by atoms with van der Waals surface area (Å²) in [6.45, 7) is 5.31. The quantitative estimate of drug-likeness (QED) is 0.181. The van der Waals surface area contributed by atoms with Gasteiger partial charge in [-0.3, -0.25) is 9.59 Å². The molecule has 2 aromatic heterocycles. The molecule has 3 heterocycles. The van der Waals surface area contributed by atoms with E-state index in [0.29, 0.717) is 36.5 Å². The van der Waals surface area contributed by atoms with Crippen molar-refractivity contribution in [3.63, 3.8) is 0 Å². The number of hydrogen-bond acceptors (Lipinski definition) is 7. The van der Waals surface area contributed by atoms with E-state index in [-0.39, 0.29) is 5.56 Å². The molecule has 1 N–H and O–H groups in total. The molecule has 0 bridgehead atoms. The number of rotatable bonds is 9. The van der Waals surface area contributed by atoms with E-state index in [2.05, 4.69) is 35.0 Å². The first-order valence-electron chi connectivity index (χ1n) is 13.8. The number of oxime groups is 1. The van der Waals surface area contributed by atoms with Crippen LogP contribution in [0.1, 0.15) is 55.6 Å². The summed E-state index contributed by atoms with van der Waals surface area (Å²) in [6, 6.07) is 16.0. The van der Waals surface area contributed by atoms with E-state index in [1.807, 2.05) is 30.3 Å². The summed E-state index contributed by atoms with van der Waals surface area (Å²) in [5.41, 5.74) is 2.18. The van der Waals surface area contributed by atoms with Crippen molar-refractivity contribution >= 4 is 45.0 Å². The lowest BCUT2D eigenvalue weighted by Crippen LogP contribution is -2.48. The number of para-hydroxylation sites is 1. The molecule has 2 aromatic carbocycles. The number of anilines is 1. The fourth-order valence-electron chi connectivity index (χ4n) is 5.43. The van der Waals surface area contributed by atoms with Crippen LogP contribution >= 0.6 is 0 Å². The molecule has 9 heteroatoms. The molecule has 0 saturated carbocycles. The Morgan fingerprint density at radius 3 is 2.62 bits per heavy atom. The highest BCUT2D eigenvalue weighted by atomic mass is 16.6. The van der Waals surface area contributed by atoms with Crippen LogP contribution in [0.25, 0.3) is 21.8 Å². The van der Waals surface area contributed by atoms with Crippen LogP contribution in [0.4, 0.5) is 5.69 Å². The first kappa shape index (κ1) is 27.3. The third-order valence-electron chi connectivity index (χ3n) is 7.40. The van der Waals surface area contributed by atoms with Gasteiger partial charge in [0.2, 0.25) is 0 Å². The summed E-state index contributed by atoms with van der Waals surface area (Å²) in [5.74, 6) is -0.674. The molecule has 208 valence electrons. The van der Waals surface area contributed by atoms with E-state index in [0.717, 1.165) is 52.5 Å². The van der Waals surface area contributed by atoms with Gasteiger partial charge in [-0.25, -0.2) is 9.69 Å². The lowest BCUT2D eigenvalue weighted by Gasteiger charge is -2.24. The number of amides is 2. The van der Waals surface area contributed by atoms with Crippen molar-refractivity contribution in [1.82, 2.24) is 9.88 Å². The van der Waals surface area contributed by atoms with Gasteiger partial charge in [0.05, 0.1) is 17.4 Å². The minimum absolute atomic E-state index is 0.188. The van der Waals surface area contributed by atoms with Gasteiger partial charge < -0.3 is 19.1 Å². The summed E-state index contributed by atoms with van der Waals surface area (Å²) in [5, 5.41) is 9.02. The first-order chi connectivity index (χ1) is 19.5. The summed E-state index contributed by atoms with van der Waals surface area (Å²) in [7, 11) is 1.45. The minimum Gasteiger partial charge on any atom is -0.427 e. The number of hydrogen-bond donors (Lipinski definition) is 1. The van der Waals surface area contributed by atoms with Crippen LogP contribution in [0.3, 0.4) is 0 Å². The number of fused-ring (bicyclic) bond motifs is 3. The highest BCUT2D eigenvalue weighted by molar-refractivity contribution is 6.24. The summed E-state index contributed by atoms with van der Waals surface area (Å²) >= 11 is 0. The van der Waals surface area contributed by atoms with Crippen molar-refractivity contribution in [3.8, 4) is 0 Å². The Kier molecular flexibility index (Phi) is 8.11. The van der Waals surface area contributed by atoms with Crippen molar-refractivity contribution in [3.05, 3.63) is 76.3 Å². The van der Waals surface area contributed by atoms with E-state index in [1.54, 1.807) is 12.1 Å². The summed E-state index contributed by atoms with van der Waals surface area (Å²) in [4.78, 5) is 46.8. The third kappa shape index (κ3) is 5.16. The van der Waals surface area contributed by atoms with Crippen molar-refractivity contribution < 1.29 is 18.8 Å². The lowest BCUT2D eigenvalue weighted by atomic mass is 10.1. The Bertz CT molecular complexity index is 1650. The third-order valence-corrected chi connectivity index (χ3v) is 7.40. The second-order valence-electron chi connectivity index (χ2n) is 9.98. The Hall–Kier alpha value is -4.24. The molecule has 0 radical (unpaired) electrons. The molecule has 4 aromatic rings. The number of aryl methyl sites for hydroxylation is 2. The van der Waals surface area contributed by atoms with Crippen LogP contribution in [0.15, 0.2) is 69.0 Å². The smallest absolute Gasteiger partial charge is 0.348 e. The second-order valence-corrected chi connectivity index (χ2v) is 9.98. The van der Waals surface area contributed by atoms with Gasteiger partial charge in [0, 0.05) is 47.7 Å². The van der Waals surface area contributed by atoms with E-state index in [9.17, 15) is 14.4 Å². The maximum absolute atomic E-state index is 14.0. The highest BCUT2D eigenvalue weighted by Crippen LogP contribution is 2.33. The number of carbonyl (C=O) groups is 2. The molecule has 9 nitrogen and oxygen atoms in total. The molecule has 1 atom stereocenters. The molecule has 2 amide bonds. The van der Waals surface area contributed by atoms with Crippen LogP contribution in [0.5, 0.6) is 0 Å². The highest BCUT2D eigenvalue weighted by Gasteiger charge is 2.36. The Balaban J connectivity index is 1.58. The average molecular weight is 543 g/mol. The van der Waals surface area contributed by atoms with Crippen molar-refractivity contribution in [1.29, 1.82) is 0 Å². The van der Waals surface area contributed by atoms with E-state index in [4.69, 9.17) is 9.25 Å². The Morgan fingerprint density at radius 2 is 1.88 bits per heavy atom. The van der Waals surface area contributed by atoms with Gasteiger partial charge in [-0.15, -0.1) is 0 Å². The Labute approximate surface area is 232 Å². The molecule has 1 aliphatic heterocycles. The molecule has 0 spiro atoms. The lowest BCUT2D eigenvalue weighted by molar-refractivity contribution is -0.119. The van der Waals surface area contributed by atoms with E-state index in [1.165, 1.54) is 13.2 Å². The molecule has 1 fully saturated rings. The summed E-state index contributed by atoms with van der Waals surface area (Å²) < 4.78 is 7.69. The molecule has 0 aliphatic carbocycles. The number of imide groups is 1. The SMILES string of the molecule is CCCCCc1ccc(C(=O)N(C(=O)[C@@H]2C/C(=N/OC)CN2)c2ccc3c(c2)c2ccccc2n3CC)c(=O)o1. The number of nitrogens with one attached hydrogen (secondary N) is 1. The zero-order valence-electron chi connectivity index (χ0n) is 23.1. The van der Waals surface area contributed by atoms with Crippen molar-refractivity contribution in [2.45, 2.75) is 58.5 Å². The van der Waals surface area contributed by atoms with Crippen molar-refractivity contribution in [2.75, 3.05) is 18.6 Å². The van der Waals surface area contributed by atoms with Gasteiger partial charge in [-0.1, -0.05) is 43.1 Å². The standard InChI is InChI=1S/C31H34N4O5/c1-4-6-7-10-22-14-15-24(31(38)40-22)29(36)35(30(37)26-17-20(19-32-26)33-39-3)21-13-16-28-25(18-21)23-11-8-9-12-27(23)34(28)5-2/h8-9,11-16,18,26,32H,4-7,10,17,19H2,1-3H3/b33-20-/t26-/m0/s1. The molecule has 0 unspecified atom stereocenters. The van der Waals surface area contributed by atoms with Gasteiger partial charge in [-0.2, -0.15) is 0 Å². The van der Waals surface area contributed by atoms with E-state index >= 15 is 0 Å².